The summed E-state index contributed by atoms with van der Waals surface area (Å²) in [5.74, 6) is -0.0556. The van der Waals surface area contributed by atoms with Crippen molar-refractivity contribution in [1.29, 1.82) is 0 Å². The number of halogens is 1. The van der Waals surface area contributed by atoms with Crippen LogP contribution in [0.1, 0.15) is 21.9 Å². The first-order valence-electron chi connectivity index (χ1n) is 4.86. The van der Waals surface area contributed by atoms with Crippen LogP contribution in [0.3, 0.4) is 0 Å². The molecule has 0 atom stereocenters. The van der Waals surface area contributed by atoms with Crippen molar-refractivity contribution in [3.63, 3.8) is 0 Å². The molecule has 0 aliphatic rings. The highest BCUT2D eigenvalue weighted by atomic mass is 79.9. The van der Waals surface area contributed by atoms with E-state index in [1.807, 2.05) is 13.8 Å². The number of nitrogens with two attached hydrogens (primary N) is 1. The summed E-state index contributed by atoms with van der Waals surface area (Å²) in [6.07, 6.45) is 0. The van der Waals surface area contributed by atoms with Gasteiger partial charge in [0, 0.05) is 0 Å². The standard InChI is InChI=1S/C10H10BrN5O/c1-5-9(11)6(2)16(15-5)8-4-3-7(10(12)17)13-14-8/h3-4H,1-2H3,(H2,12,17). The molecule has 0 saturated heterocycles. The van der Waals surface area contributed by atoms with E-state index < -0.39 is 5.91 Å². The summed E-state index contributed by atoms with van der Waals surface area (Å²) in [6.45, 7) is 3.80. The normalized spacial score (nSPS) is 10.5. The summed E-state index contributed by atoms with van der Waals surface area (Å²) in [7, 11) is 0. The number of aromatic nitrogens is 4. The van der Waals surface area contributed by atoms with Crippen LogP contribution in [0.2, 0.25) is 0 Å². The van der Waals surface area contributed by atoms with Crippen LogP contribution in [-0.2, 0) is 0 Å². The fourth-order valence-corrected chi connectivity index (χ4v) is 1.66. The lowest BCUT2D eigenvalue weighted by atomic mass is 10.3. The molecule has 0 unspecified atom stereocenters. The van der Waals surface area contributed by atoms with Crippen molar-refractivity contribution in [2.24, 2.45) is 5.73 Å². The van der Waals surface area contributed by atoms with Gasteiger partial charge in [-0.2, -0.15) is 5.10 Å². The zero-order valence-corrected chi connectivity index (χ0v) is 10.9. The smallest absolute Gasteiger partial charge is 0.269 e. The van der Waals surface area contributed by atoms with Crippen molar-refractivity contribution in [1.82, 2.24) is 20.0 Å². The third-order valence-electron chi connectivity index (χ3n) is 2.32. The maximum Gasteiger partial charge on any atom is 0.269 e. The number of carbonyl (C=O) groups is 1. The number of hydrogen-bond acceptors (Lipinski definition) is 4. The largest absolute Gasteiger partial charge is 0.364 e. The Hall–Kier alpha value is -1.76. The monoisotopic (exact) mass is 295 g/mol. The average molecular weight is 296 g/mol. The molecule has 0 aromatic carbocycles. The number of hydrogen-bond donors (Lipinski definition) is 1. The van der Waals surface area contributed by atoms with Gasteiger partial charge in [-0.15, -0.1) is 10.2 Å². The molecule has 0 saturated carbocycles. The van der Waals surface area contributed by atoms with Crippen molar-refractivity contribution in [2.45, 2.75) is 13.8 Å². The van der Waals surface area contributed by atoms with Gasteiger partial charge in [-0.05, 0) is 41.9 Å². The second-order valence-electron chi connectivity index (χ2n) is 3.54. The number of aryl methyl sites for hydroxylation is 1. The van der Waals surface area contributed by atoms with Crippen LogP contribution in [0, 0.1) is 13.8 Å². The molecule has 2 N–H and O–H groups in total. The van der Waals surface area contributed by atoms with Crippen LogP contribution >= 0.6 is 15.9 Å². The van der Waals surface area contributed by atoms with Crippen molar-refractivity contribution in [3.05, 3.63) is 33.7 Å². The molecule has 2 aromatic heterocycles. The Balaban J connectivity index is 2.47. The van der Waals surface area contributed by atoms with Crippen molar-refractivity contribution >= 4 is 21.8 Å². The van der Waals surface area contributed by atoms with E-state index in [1.165, 1.54) is 6.07 Å². The second-order valence-corrected chi connectivity index (χ2v) is 4.33. The number of primary amides is 1. The molecule has 88 valence electrons. The van der Waals surface area contributed by atoms with Gasteiger partial charge in [-0.3, -0.25) is 4.79 Å². The molecule has 0 aliphatic heterocycles. The first-order chi connectivity index (χ1) is 8.00. The van der Waals surface area contributed by atoms with Crippen LogP contribution in [0.15, 0.2) is 16.6 Å². The number of nitrogens with zero attached hydrogens (tertiary/aromatic N) is 4. The molecular weight excluding hydrogens is 286 g/mol. The highest BCUT2D eigenvalue weighted by molar-refractivity contribution is 9.10. The van der Waals surface area contributed by atoms with Gasteiger partial charge in [-0.1, -0.05) is 0 Å². The van der Waals surface area contributed by atoms with Gasteiger partial charge in [0.05, 0.1) is 15.9 Å². The fourth-order valence-electron chi connectivity index (χ4n) is 1.42. The molecule has 0 bridgehead atoms. The Morgan fingerprint density at radius 1 is 1.35 bits per heavy atom. The third kappa shape index (κ3) is 2.05. The van der Waals surface area contributed by atoms with Crippen LogP contribution in [0.4, 0.5) is 0 Å². The lowest BCUT2D eigenvalue weighted by Crippen LogP contribution is -2.14. The molecule has 2 aromatic rings. The van der Waals surface area contributed by atoms with Crippen LogP contribution < -0.4 is 5.73 Å². The molecular formula is C10H10BrN5O. The molecule has 0 spiro atoms. The van der Waals surface area contributed by atoms with Gasteiger partial charge >= 0.3 is 0 Å². The van der Waals surface area contributed by atoms with Gasteiger partial charge in [0.15, 0.2) is 11.5 Å². The van der Waals surface area contributed by atoms with E-state index in [-0.39, 0.29) is 5.69 Å². The topological polar surface area (TPSA) is 86.7 Å². The SMILES string of the molecule is Cc1nn(-c2ccc(C(N)=O)nn2)c(C)c1Br. The molecule has 17 heavy (non-hydrogen) atoms. The van der Waals surface area contributed by atoms with Crippen molar-refractivity contribution < 1.29 is 4.79 Å². The summed E-state index contributed by atoms with van der Waals surface area (Å²) in [6, 6.07) is 3.17. The minimum Gasteiger partial charge on any atom is -0.364 e. The van der Waals surface area contributed by atoms with Gasteiger partial charge in [-0.25, -0.2) is 4.68 Å². The van der Waals surface area contributed by atoms with Crippen molar-refractivity contribution in [2.75, 3.05) is 0 Å². The predicted molar refractivity (Wildman–Crippen MR) is 64.8 cm³/mol. The number of carbonyl (C=O) groups excluding carboxylic acids is 1. The molecule has 0 fully saturated rings. The fraction of sp³-hybridized carbons (Fsp3) is 0.200. The Kier molecular flexibility index (Phi) is 2.93. The molecule has 2 heterocycles. The van der Waals surface area contributed by atoms with Gasteiger partial charge < -0.3 is 5.73 Å². The summed E-state index contributed by atoms with van der Waals surface area (Å²) in [4.78, 5) is 10.9. The summed E-state index contributed by atoms with van der Waals surface area (Å²) in [5.41, 5.74) is 7.01. The van der Waals surface area contributed by atoms with E-state index in [2.05, 4.69) is 31.2 Å². The zero-order chi connectivity index (χ0) is 12.6. The molecule has 0 radical (unpaired) electrons. The van der Waals surface area contributed by atoms with E-state index >= 15 is 0 Å². The van der Waals surface area contributed by atoms with E-state index in [1.54, 1.807) is 10.7 Å². The quantitative estimate of drug-likeness (QED) is 0.900. The summed E-state index contributed by atoms with van der Waals surface area (Å²) >= 11 is 3.43. The Bertz CT molecular complexity index is 575. The van der Waals surface area contributed by atoms with Crippen LogP contribution in [0.25, 0.3) is 5.82 Å². The minimum absolute atomic E-state index is 0.134. The van der Waals surface area contributed by atoms with E-state index in [0.29, 0.717) is 5.82 Å². The van der Waals surface area contributed by atoms with Crippen LogP contribution in [-0.4, -0.2) is 25.9 Å². The predicted octanol–water partition coefficient (Wildman–Crippen LogP) is 1.14. The molecule has 6 nitrogen and oxygen atoms in total. The summed E-state index contributed by atoms with van der Waals surface area (Å²) in [5, 5.41) is 12.0. The lowest BCUT2D eigenvalue weighted by molar-refractivity contribution is 0.0994. The molecule has 0 aliphatic carbocycles. The van der Waals surface area contributed by atoms with E-state index in [4.69, 9.17) is 5.73 Å². The Labute approximate surface area is 106 Å². The Morgan fingerprint density at radius 3 is 2.47 bits per heavy atom. The van der Waals surface area contributed by atoms with E-state index in [9.17, 15) is 4.79 Å². The number of amides is 1. The number of rotatable bonds is 2. The van der Waals surface area contributed by atoms with Crippen molar-refractivity contribution in [3.8, 4) is 5.82 Å². The van der Waals surface area contributed by atoms with Gasteiger partial charge in [0.25, 0.3) is 5.91 Å². The molecule has 7 heteroatoms. The highest BCUT2D eigenvalue weighted by Gasteiger charge is 2.12. The first kappa shape index (κ1) is 11.7. The van der Waals surface area contributed by atoms with Gasteiger partial charge in [0.2, 0.25) is 0 Å². The highest BCUT2D eigenvalue weighted by Crippen LogP contribution is 2.21. The maximum atomic E-state index is 10.9. The third-order valence-corrected chi connectivity index (χ3v) is 3.47. The molecule has 1 amide bonds. The average Bonchev–Trinajstić information content (AvgIpc) is 2.57. The zero-order valence-electron chi connectivity index (χ0n) is 9.31. The maximum absolute atomic E-state index is 10.9. The van der Waals surface area contributed by atoms with E-state index in [0.717, 1.165) is 15.9 Å². The van der Waals surface area contributed by atoms with Gasteiger partial charge in [0.1, 0.15) is 0 Å². The Morgan fingerprint density at radius 2 is 2.06 bits per heavy atom. The minimum atomic E-state index is -0.599. The van der Waals surface area contributed by atoms with Crippen LogP contribution in [0.5, 0.6) is 0 Å². The first-order valence-corrected chi connectivity index (χ1v) is 5.65. The second kappa shape index (κ2) is 4.25. The lowest BCUT2D eigenvalue weighted by Gasteiger charge is -2.02. The summed E-state index contributed by atoms with van der Waals surface area (Å²) < 4.78 is 2.58. The molecule has 2 rings (SSSR count).